The molecule has 2 N–H and O–H groups in total. The summed E-state index contributed by atoms with van der Waals surface area (Å²) < 4.78 is 0. The number of nitrogens with zero attached hydrogens (tertiary/aromatic N) is 1. The van der Waals surface area contributed by atoms with E-state index in [-0.39, 0.29) is 6.10 Å². The molecule has 0 spiro atoms. The second-order valence-electron chi connectivity index (χ2n) is 13.7. The zero-order chi connectivity index (χ0) is 24.7. The topological polar surface area (TPSA) is 52.6 Å². The molecule has 0 aliphatic heterocycles. The minimum absolute atomic E-state index is 0.121. The molecule has 5 unspecified atom stereocenters. The number of nitrogens with one attached hydrogen (secondary N) is 1. The lowest BCUT2D eigenvalue weighted by molar-refractivity contribution is -0.167. The molecular formula is C30H54N2O2. The van der Waals surface area contributed by atoms with Gasteiger partial charge in [-0.15, -0.1) is 0 Å². The van der Waals surface area contributed by atoms with Crippen molar-refractivity contribution in [1.82, 2.24) is 10.2 Å². The molecule has 4 nitrogen and oxygen atoms in total. The van der Waals surface area contributed by atoms with Crippen molar-refractivity contribution < 1.29 is 9.90 Å². The molecule has 0 aromatic carbocycles. The van der Waals surface area contributed by atoms with Crippen LogP contribution in [-0.2, 0) is 4.79 Å². The smallest absolute Gasteiger partial charge is 0.132 e. The minimum Gasteiger partial charge on any atom is -0.393 e. The fourth-order valence-electron chi connectivity index (χ4n) is 9.64. The summed E-state index contributed by atoms with van der Waals surface area (Å²) in [6.45, 7) is 11.7. The molecule has 4 saturated carbocycles. The Morgan fingerprint density at radius 1 is 1.06 bits per heavy atom. The van der Waals surface area contributed by atoms with Gasteiger partial charge in [0.25, 0.3) is 0 Å². The van der Waals surface area contributed by atoms with Gasteiger partial charge in [-0.3, -0.25) is 4.79 Å². The second kappa shape index (κ2) is 10.5. The first-order valence-corrected chi connectivity index (χ1v) is 14.7. The summed E-state index contributed by atoms with van der Waals surface area (Å²) in [5, 5.41) is 15.4. The lowest BCUT2D eigenvalue weighted by Crippen LogP contribution is -2.59. The summed E-state index contributed by atoms with van der Waals surface area (Å²) in [6, 6.07) is 0.623. The molecule has 4 heteroatoms. The van der Waals surface area contributed by atoms with Crippen LogP contribution in [0, 0.1) is 46.3 Å². The highest BCUT2D eigenvalue weighted by molar-refractivity contribution is 5.77. The molecule has 0 amide bonds. The normalized spacial score (nSPS) is 44.9. The third-order valence-corrected chi connectivity index (χ3v) is 11.7. The van der Waals surface area contributed by atoms with E-state index in [0.717, 1.165) is 38.3 Å². The Hall–Kier alpha value is -0.450. The second-order valence-corrected chi connectivity index (χ2v) is 13.7. The third kappa shape index (κ3) is 4.90. The van der Waals surface area contributed by atoms with Crippen LogP contribution in [0.2, 0.25) is 0 Å². The SMILES string of the molecule is CCC(=O)CC[C@@H](C)[C@H]1CCC2C3C(O)C[C@@H]4CC(NCCN(C)C)CC[C@]4(C)C3CC[C@@]21C. The van der Waals surface area contributed by atoms with Crippen LogP contribution >= 0.6 is 0 Å². The van der Waals surface area contributed by atoms with Crippen LogP contribution in [0.25, 0.3) is 0 Å². The highest BCUT2D eigenvalue weighted by Gasteiger charge is 2.62. The maximum absolute atomic E-state index is 12.0. The number of Topliss-reactive ketones (excluding diaryl/α,β-unsaturated/α-hetero) is 1. The highest BCUT2D eigenvalue weighted by atomic mass is 16.3. The first-order chi connectivity index (χ1) is 16.1. The Morgan fingerprint density at radius 2 is 1.76 bits per heavy atom. The van der Waals surface area contributed by atoms with Crippen LogP contribution < -0.4 is 5.32 Å². The lowest BCUT2D eigenvalue weighted by atomic mass is 9.43. The summed E-state index contributed by atoms with van der Waals surface area (Å²) >= 11 is 0. The van der Waals surface area contributed by atoms with Gasteiger partial charge in [-0.05, 0) is 118 Å². The van der Waals surface area contributed by atoms with E-state index in [4.69, 9.17) is 0 Å². The van der Waals surface area contributed by atoms with Gasteiger partial charge in [0, 0.05) is 32.0 Å². The Kier molecular flexibility index (Phi) is 8.22. The van der Waals surface area contributed by atoms with E-state index in [1.807, 2.05) is 6.92 Å². The third-order valence-electron chi connectivity index (χ3n) is 11.7. The molecule has 10 atom stereocenters. The summed E-state index contributed by atoms with van der Waals surface area (Å²) in [4.78, 5) is 14.2. The Morgan fingerprint density at radius 3 is 2.47 bits per heavy atom. The van der Waals surface area contributed by atoms with Gasteiger partial charge in [0.1, 0.15) is 5.78 Å². The first-order valence-electron chi connectivity index (χ1n) is 14.7. The van der Waals surface area contributed by atoms with Crippen LogP contribution in [0.3, 0.4) is 0 Å². The van der Waals surface area contributed by atoms with Crippen LogP contribution in [0.5, 0.6) is 0 Å². The van der Waals surface area contributed by atoms with E-state index >= 15 is 0 Å². The average Bonchev–Trinajstić information content (AvgIpc) is 3.15. The van der Waals surface area contributed by atoms with Crippen LogP contribution in [-0.4, -0.2) is 55.1 Å². The van der Waals surface area contributed by atoms with Crippen LogP contribution in [0.4, 0.5) is 0 Å². The van der Waals surface area contributed by atoms with E-state index in [0.29, 0.717) is 58.7 Å². The largest absolute Gasteiger partial charge is 0.393 e. The standard InChI is InChI=1S/C30H54N2O2/c1-7-23(33)9-8-20(2)24-10-11-25-28-26(13-15-30(24,25)4)29(3)14-12-22(31-16-17-32(5)6)18-21(29)19-27(28)34/h20-22,24-28,31,34H,7-19H2,1-6H3/t20-,21+,22?,24-,25?,26?,27?,28?,29+,30-/m1/s1. The molecule has 4 fully saturated rings. The highest BCUT2D eigenvalue weighted by Crippen LogP contribution is 2.68. The predicted octanol–water partition coefficient (Wildman–Crippen LogP) is 5.53. The minimum atomic E-state index is -0.121. The molecule has 0 aromatic rings. The van der Waals surface area contributed by atoms with Crippen molar-refractivity contribution in [2.75, 3.05) is 27.2 Å². The Balaban J connectivity index is 1.43. The Labute approximate surface area is 210 Å². The fraction of sp³-hybridized carbons (Fsp3) is 0.967. The monoisotopic (exact) mass is 474 g/mol. The molecule has 4 aliphatic carbocycles. The average molecular weight is 475 g/mol. The number of ketones is 1. The van der Waals surface area contributed by atoms with Crippen LogP contribution in [0.15, 0.2) is 0 Å². The molecule has 34 heavy (non-hydrogen) atoms. The van der Waals surface area contributed by atoms with Gasteiger partial charge in [0.2, 0.25) is 0 Å². The summed E-state index contributed by atoms with van der Waals surface area (Å²) in [5.41, 5.74) is 0.757. The number of carbonyl (C=O) groups is 1. The zero-order valence-electron chi connectivity index (χ0n) is 23.1. The predicted molar refractivity (Wildman–Crippen MR) is 141 cm³/mol. The molecule has 0 aromatic heterocycles. The van der Waals surface area contributed by atoms with Crippen molar-refractivity contribution in [1.29, 1.82) is 0 Å². The molecule has 196 valence electrons. The van der Waals surface area contributed by atoms with E-state index in [2.05, 4.69) is 45.1 Å². The zero-order valence-corrected chi connectivity index (χ0v) is 23.1. The molecule has 4 aliphatic rings. The van der Waals surface area contributed by atoms with Crippen molar-refractivity contribution in [3.05, 3.63) is 0 Å². The number of hydrogen-bond donors (Lipinski definition) is 2. The maximum atomic E-state index is 12.0. The first kappa shape index (κ1) is 26.6. The summed E-state index contributed by atoms with van der Waals surface area (Å²) in [6.07, 6.45) is 12.5. The number of carbonyl (C=O) groups excluding carboxylic acids is 1. The quantitative estimate of drug-likeness (QED) is 0.461. The van der Waals surface area contributed by atoms with Gasteiger partial charge >= 0.3 is 0 Å². The number of hydrogen-bond acceptors (Lipinski definition) is 4. The van der Waals surface area contributed by atoms with Crippen molar-refractivity contribution in [3.8, 4) is 0 Å². The number of rotatable bonds is 9. The van der Waals surface area contributed by atoms with Crippen molar-refractivity contribution in [2.45, 2.75) is 110 Å². The number of likely N-dealkylation sites (N-methyl/N-ethyl adjacent to an activating group) is 1. The van der Waals surface area contributed by atoms with Crippen molar-refractivity contribution >= 4 is 5.78 Å². The molecular weight excluding hydrogens is 420 g/mol. The van der Waals surface area contributed by atoms with Gasteiger partial charge in [-0.1, -0.05) is 27.7 Å². The number of fused-ring (bicyclic) bond motifs is 5. The van der Waals surface area contributed by atoms with E-state index < -0.39 is 0 Å². The maximum Gasteiger partial charge on any atom is 0.132 e. The molecule has 0 bridgehead atoms. The van der Waals surface area contributed by atoms with Gasteiger partial charge in [-0.25, -0.2) is 0 Å². The molecule has 0 radical (unpaired) electrons. The van der Waals surface area contributed by atoms with E-state index in [1.165, 1.54) is 44.9 Å². The van der Waals surface area contributed by atoms with Gasteiger partial charge in [0.05, 0.1) is 6.10 Å². The molecule has 0 heterocycles. The van der Waals surface area contributed by atoms with Crippen LogP contribution in [0.1, 0.15) is 98.3 Å². The fourth-order valence-corrected chi connectivity index (χ4v) is 9.64. The van der Waals surface area contributed by atoms with Crippen molar-refractivity contribution in [3.63, 3.8) is 0 Å². The van der Waals surface area contributed by atoms with Gasteiger partial charge in [0.15, 0.2) is 0 Å². The Bertz CT molecular complexity index is 710. The summed E-state index contributed by atoms with van der Waals surface area (Å²) in [7, 11) is 4.29. The number of aliphatic hydroxyl groups excluding tert-OH is 1. The van der Waals surface area contributed by atoms with Gasteiger partial charge < -0.3 is 15.3 Å². The van der Waals surface area contributed by atoms with E-state index in [9.17, 15) is 9.90 Å². The lowest BCUT2D eigenvalue weighted by Gasteiger charge is -2.62. The number of aliphatic hydroxyl groups is 1. The molecule has 4 rings (SSSR count). The van der Waals surface area contributed by atoms with E-state index in [1.54, 1.807) is 0 Å². The molecule has 0 saturated heterocycles. The summed E-state index contributed by atoms with van der Waals surface area (Å²) in [5.74, 6) is 4.28. The van der Waals surface area contributed by atoms with Gasteiger partial charge in [-0.2, -0.15) is 0 Å². The van der Waals surface area contributed by atoms with Crippen molar-refractivity contribution in [2.24, 2.45) is 46.3 Å².